The van der Waals surface area contributed by atoms with Gasteiger partial charge in [-0.05, 0) is 121 Å². The second-order valence-corrected chi connectivity index (χ2v) is 16.8. The van der Waals surface area contributed by atoms with Gasteiger partial charge >= 0.3 is 0 Å². The lowest BCUT2D eigenvalue weighted by Crippen LogP contribution is -2.36. The highest BCUT2D eigenvalue weighted by Crippen LogP contribution is 2.24. The van der Waals surface area contributed by atoms with Gasteiger partial charge in [-0.1, -0.05) is 101 Å². The molecular formula is C48H60N4O4. The number of benzene rings is 4. The van der Waals surface area contributed by atoms with Gasteiger partial charge in [0, 0.05) is 46.4 Å². The molecule has 4 aliphatic rings. The van der Waals surface area contributed by atoms with E-state index in [1.165, 1.54) is 77.0 Å². The van der Waals surface area contributed by atoms with Gasteiger partial charge in [0.05, 0.1) is 0 Å². The van der Waals surface area contributed by atoms with Gasteiger partial charge in [-0.3, -0.25) is 19.2 Å². The molecule has 56 heavy (non-hydrogen) atoms. The van der Waals surface area contributed by atoms with Crippen molar-refractivity contribution in [3.05, 3.63) is 95.1 Å². The van der Waals surface area contributed by atoms with Crippen LogP contribution in [-0.4, -0.2) is 47.8 Å². The summed E-state index contributed by atoms with van der Waals surface area (Å²) in [6.45, 7) is 0. The summed E-state index contributed by atoms with van der Waals surface area (Å²) in [5.74, 6) is 0.0293. The summed E-state index contributed by atoms with van der Waals surface area (Å²) >= 11 is 0. The average Bonchev–Trinajstić information content (AvgIpc) is 3.24. The molecular weight excluding hydrogens is 697 g/mol. The highest BCUT2D eigenvalue weighted by molar-refractivity contribution is 6.03. The lowest BCUT2D eigenvalue weighted by Gasteiger charge is -2.23. The number of carbonyl (C=O) groups is 4. The van der Waals surface area contributed by atoms with Crippen molar-refractivity contribution in [1.29, 1.82) is 0 Å². The summed E-state index contributed by atoms with van der Waals surface area (Å²) in [4.78, 5) is 50.3. The van der Waals surface area contributed by atoms with E-state index in [9.17, 15) is 19.2 Å². The van der Waals surface area contributed by atoms with Crippen LogP contribution in [0.25, 0.3) is 21.5 Å². The molecule has 0 radical (unpaired) electrons. The minimum Gasteiger partial charge on any atom is -0.349 e. The molecule has 0 aromatic heterocycles. The van der Waals surface area contributed by atoms with Crippen LogP contribution in [0, 0.1) is 0 Å². The van der Waals surface area contributed by atoms with Crippen LogP contribution >= 0.6 is 0 Å². The average molecular weight is 757 g/mol. The van der Waals surface area contributed by atoms with Crippen LogP contribution in [0.15, 0.2) is 72.8 Å². The topological polar surface area (TPSA) is 116 Å². The van der Waals surface area contributed by atoms with Gasteiger partial charge in [0.25, 0.3) is 23.6 Å². The highest BCUT2D eigenvalue weighted by atomic mass is 16.2. The predicted molar refractivity (Wildman–Crippen MR) is 225 cm³/mol. The Kier molecular flexibility index (Phi) is 13.7. The zero-order chi connectivity index (χ0) is 38.7. The van der Waals surface area contributed by atoms with Gasteiger partial charge in [0.1, 0.15) is 0 Å². The monoisotopic (exact) mass is 756 g/mol. The molecule has 0 bridgehead atoms. The first kappa shape index (κ1) is 39.5. The molecule has 4 N–H and O–H groups in total. The number of hydrogen-bond acceptors (Lipinski definition) is 4. The van der Waals surface area contributed by atoms with Crippen LogP contribution in [0.5, 0.6) is 0 Å². The Morgan fingerprint density at radius 1 is 0.304 bits per heavy atom. The number of carbonyl (C=O) groups excluding carboxylic acids is 4. The molecule has 8 nitrogen and oxygen atoms in total. The van der Waals surface area contributed by atoms with E-state index < -0.39 is 0 Å². The fourth-order valence-corrected chi connectivity index (χ4v) is 9.12. The largest absolute Gasteiger partial charge is 0.349 e. The summed E-state index contributed by atoms with van der Waals surface area (Å²) in [6.07, 6.45) is 23.4. The molecule has 4 amide bonds. The third kappa shape index (κ3) is 10.8. The summed E-state index contributed by atoms with van der Waals surface area (Å²) in [7, 11) is 0. The molecule has 0 spiro atoms. The summed E-state index contributed by atoms with van der Waals surface area (Å²) in [5, 5.41) is 16.7. The molecule has 0 unspecified atom stereocenters. The fraction of sp³-hybridized carbons (Fsp3) is 0.500. The van der Waals surface area contributed by atoms with Crippen molar-refractivity contribution in [2.45, 2.75) is 153 Å². The Balaban J connectivity index is 0.000000172. The lowest BCUT2D eigenvalue weighted by atomic mass is 9.95. The van der Waals surface area contributed by atoms with Gasteiger partial charge in [-0.2, -0.15) is 0 Å². The normalized spacial score (nSPS) is 18.7. The van der Waals surface area contributed by atoms with E-state index in [2.05, 4.69) is 21.3 Å². The first-order valence-electron chi connectivity index (χ1n) is 21.7. The zero-order valence-electron chi connectivity index (χ0n) is 33.0. The predicted octanol–water partition coefficient (Wildman–Crippen LogP) is 9.93. The Labute approximate surface area is 332 Å². The van der Waals surface area contributed by atoms with E-state index in [-0.39, 0.29) is 23.6 Å². The maximum Gasteiger partial charge on any atom is 0.251 e. The Morgan fingerprint density at radius 2 is 0.500 bits per heavy atom. The number of rotatable bonds is 8. The van der Waals surface area contributed by atoms with Gasteiger partial charge in [0.15, 0.2) is 0 Å². The quantitative estimate of drug-likeness (QED) is 0.143. The van der Waals surface area contributed by atoms with Crippen LogP contribution in [0.3, 0.4) is 0 Å². The van der Waals surface area contributed by atoms with Crippen molar-refractivity contribution >= 4 is 45.2 Å². The van der Waals surface area contributed by atoms with Crippen molar-refractivity contribution in [3.8, 4) is 0 Å². The van der Waals surface area contributed by atoms with E-state index in [1.54, 1.807) is 0 Å². The zero-order valence-corrected chi connectivity index (χ0v) is 33.0. The molecule has 4 saturated carbocycles. The molecule has 8 heteroatoms. The van der Waals surface area contributed by atoms with Crippen LogP contribution < -0.4 is 21.3 Å². The summed E-state index contributed by atoms with van der Waals surface area (Å²) < 4.78 is 0. The molecule has 4 aromatic carbocycles. The van der Waals surface area contributed by atoms with Crippen LogP contribution in [-0.2, 0) is 0 Å². The Hall–Kier alpha value is -4.72. The standard InChI is InChI=1S/2C24H30N2O2/c2*27-23(25-21-7-3-1-4-8-21)19-13-11-18-16-20(14-12-17(18)15-19)24(28)26-22-9-5-2-6-10-22/h2*11-16,21-22H,1-10H2,(H,25,27)(H,26,28). The first-order valence-corrected chi connectivity index (χ1v) is 21.7. The second-order valence-electron chi connectivity index (χ2n) is 16.8. The number of hydrogen-bond donors (Lipinski definition) is 4. The minimum atomic E-state index is 0.00733. The Morgan fingerprint density at radius 3 is 0.696 bits per heavy atom. The third-order valence-corrected chi connectivity index (χ3v) is 12.5. The molecule has 0 heterocycles. The van der Waals surface area contributed by atoms with Gasteiger partial charge in [-0.25, -0.2) is 0 Å². The van der Waals surface area contributed by atoms with Crippen LogP contribution in [0.2, 0.25) is 0 Å². The lowest BCUT2D eigenvalue weighted by molar-refractivity contribution is 0.0919. The van der Waals surface area contributed by atoms with E-state index >= 15 is 0 Å². The van der Waals surface area contributed by atoms with Gasteiger partial charge in [0.2, 0.25) is 0 Å². The van der Waals surface area contributed by atoms with Gasteiger partial charge in [-0.15, -0.1) is 0 Å². The van der Waals surface area contributed by atoms with E-state index in [0.29, 0.717) is 46.4 Å². The van der Waals surface area contributed by atoms with Crippen molar-refractivity contribution < 1.29 is 19.2 Å². The minimum absolute atomic E-state index is 0.00733. The van der Waals surface area contributed by atoms with Crippen LogP contribution in [0.1, 0.15) is 170 Å². The summed E-state index contributed by atoms with van der Waals surface area (Å²) in [5.41, 5.74) is 2.77. The summed E-state index contributed by atoms with van der Waals surface area (Å²) in [6, 6.07) is 24.2. The van der Waals surface area contributed by atoms with Gasteiger partial charge < -0.3 is 21.3 Å². The molecule has 4 aliphatic carbocycles. The molecule has 4 fully saturated rings. The number of nitrogens with one attached hydrogen (secondary N) is 4. The highest BCUT2D eigenvalue weighted by Gasteiger charge is 2.21. The first-order chi connectivity index (χ1) is 27.4. The molecule has 0 saturated heterocycles. The van der Waals surface area contributed by atoms with Crippen molar-refractivity contribution in [2.24, 2.45) is 0 Å². The fourth-order valence-electron chi connectivity index (χ4n) is 9.12. The number of fused-ring (bicyclic) bond motifs is 2. The van der Waals surface area contributed by atoms with E-state index in [4.69, 9.17) is 0 Å². The van der Waals surface area contributed by atoms with Crippen molar-refractivity contribution in [2.75, 3.05) is 0 Å². The SMILES string of the molecule is O=C(NC1CCCCC1)c1ccc2cc(C(=O)NC3CCCCC3)ccc2c1.O=C(NC1CCCCC1)c1ccc2cc(C(=O)NC3CCCCC3)ccc2c1. The van der Waals surface area contributed by atoms with Crippen LogP contribution in [0.4, 0.5) is 0 Å². The smallest absolute Gasteiger partial charge is 0.251 e. The number of amides is 4. The molecule has 296 valence electrons. The van der Waals surface area contributed by atoms with Crippen molar-refractivity contribution in [1.82, 2.24) is 21.3 Å². The molecule has 4 aromatic rings. The Bertz CT molecular complexity index is 1700. The van der Waals surface area contributed by atoms with E-state index in [1.807, 2.05) is 72.8 Å². The maximum absolute atomic E-state index is 12.6. The molecule has 0 atom stereocenters. The van der Waals surface area contributed by atoms with Crippen molar-refractivity contribution in [3.63, 3.8) is 0 Å². The third-order valence-electron chi connectivity index (χ3n) is 12.5. The van der Waals surface area contributed by atoms with E-state index in [0.717, 1.165) is 72.9 Å². The molecule has 8 rings (SSSR count). The maximum atomic E-state index is 12.6. The second kappa shape index (κ2) is 19.4. The molecule has 0 aliphatic heterocycles.